The zero-order valence-electron chi connectivity index (χ0n) is 18.4. The molecule has 0 amide bonds. The van der Waals surface area contributed by atoms with Crippen molar-refractivity contribution >= 4 is 33.3 Å². The number of rotatable bonds is 4. The van der Waals surface area contributed by atoms with Crippen molar-refractivity contribution in [2.75, 3.05) is 11.9 Å². The number of anilines is 2. The number of benzene rings is 4. The lowest BCUT2D eigenvalue weighted by Gasteiger charge is -2.22. The fraction of sp³-hybridized carbons (Fsp3) is 0.0333. The molecule has 0 aliphatic heterocycles. The van der Waals surface area contributed by atoms with Crippen molar-refractivity contribution in [2.24, 2.45) is 0 Å². The Morgan fingerprint density at radius 3 is 1.91 bits per heavy atom. The van der Waals surface area contributed by atoms with Crippen LogP contribution in [0.2, 0.25) is 0 Å². The minimum Gasteiger partial charge on any atom is -0.329 e. The lowest BCUT2D eigenvalue weighted by Crippen LogP contribution is -2.13. The molecule has 2 aromatic heterocycles. The average Bonchev–Trinajstić information content (AvgIpc) is 3.23. The maximum absolute atomic E-state index is 5.12. The molecule has 3 nitrogen and oxygen atoms in total. The Hall–Kier alpha value is -4.37. The van der Waals surface area contributed by atoms with Crippen LogP contribution in [0.4, 0.5) is 11.5 Å². The highest BCUT2D eigenvalue weighted by atomic mass is 15.2. The highest BCUT2D eigenvalue weighted by molar-refractivity contribution is 6.09. The second-order valence-corrected chi connectivity index (χ2v) is 8.17. The lowest BCUT2D eigenvalue weighted by molar-refractivity contribution is 1.04. The van der Waals surface area contributed by atoms with Crippen LogP contribution in [-0.4, -0.2) is 16.6 Å². The van der Waals surface area contributed by atoms with Gasteiger partial charge < -0.3 is 4.90 Å². The van der Waals surface area contributed by atoms with E-state index in [9.17, 15) is 0 Å². The summed E-state index contributed by atoms with van der Waals surface area (Å²) in [4.78, 5) is 7.28. The van der Waals surface area contributed by atoms with Gasteiger partial charge in [-0.1, -0.05) is 91.0 Å². The monoisotopic (exact) mass is 425 g/mol. The minimum atomic E-state index is 0.901. The first-order valence-electron chi connectivity index (χ1n) is 11.1. The van der Waals surface area contributed by atoms with Crippen molar-refractivity contribution < 1.29 is 0 Å². The molecule has 0 unspecified atom stereocenters. The van der Waals surface area contributed by atoms with Crippen LogP contribution in [-0.2, 0) is 0 Å². The van der Waals surface area contributed by atoms with Gasteiger partial charge in [0.1, 0.15) is 11.6 Å². The Labute approximate surface area is 193 Å². The highest BCUT2D eigenvalue weighted by Gasteiger charge is 2.15. The molecule has 2 heterocycles. The first-order valence-corrected chi connectivity index (χ1v) is 11.1. The van der Waals surface area contributed by atoms with E-state index in [0.29, 0.717) is 0 Å². The Kier molecular flexibility index (Phi) is 4.66. The van der Waals surface area contributed by atoms with Crippen LogP contribution in [0.25, 0.3) is 38.8 Å². The van der Waals surface area contributed by atoms with E-state index in [1.807, 2.05) is 6.07 Å². The van der Waals surface area contributed by atoms with E-state index in [1.54, 1.807) is 0 Å². The topological polar surface area (TPSA) is 21.1 Å². The molecule has 0 saturated carbocycles. The molecule has 0 spiro atoms. The summed E-state index contributed by atoms with van der Waals surface area (Å²) in [6.07, 6.45) is 0. The molecule has 4 aromatic carbocycles. The van der Waals surface area contributed by atoms with Gasteiger partial charge in [0.2, 0.25) is 0 Å². The van der Waals surface area contributed by atoms with Gasteiger partial charge >= 0.3 is 0 Å². The molecule has 0 N–H and O–H groups in total. The zero-order valence-corrected chi connectivity index (χ0v) is 18.4. The van der Waals surface area contributed by atoms with Crippen LogP contribution in [0.5, 0.6) is 0 Å². The number of nitrogens with zero attached hydrogens (tertiary/aromatic N) is 3. The van der Waals surface area contributed by atoms with Crippen LogP contribution in [0.1, 0.15) is 0 Å². The SMILES string of the molecule is CN(c1cccc(-n2c3ccccc3c3ccccc32)n1)c1ccccc1-c1ccccc1. The van der Waals surface area contributed by atoms with E-state index < -0.39 is 0 Å². The van der Waals surface area contributed by atoms with Gasteiger partial charge in [-0.05, 0) is 35.9 Å². The smallest absolute Gasteiger partial charge is 0.140 e. The van der Waals surface area contributed by atoms with Crippen molar-refractivity contribution in [3.05, 3.63) is 121 Å². The molecule has 0 saturated heterocycles. The molecule has 0 radical (unpaired) electrons. The van der Waals surface area contributed by atoms with E-state index in [2.05, 4.69) is 132 Å². The van der Waals surface area contributed by atoms with Gasteiger partial charge in [0, 0.05) is 29.1 Å². The van der Waals surface area contributed by atoms with Crippen molar-refractivity contribution in [3.63, 3.8) is 0 Å². The Morgan fingerprint density at radius 2 is 1.18 bits per heavy atom. The molecule has 3 heteroatoms. The third kappa shape index (κ3) is 3.26. The fourth-order valence-electron chi connectivity index (χ4n) is 4.64. The molecule has 6 rings (SSSR count). The lowest BCUT2D eigenvalue weighted by atomic mass is 10.0. The van der Waals surface area contributed by atoms with Crippen molar-refractivity contribution in [1.29, 1.82) is 0 Å². The molecular weight excluding hydrogens is 402 g/mol. The van der Waals surface area contributed by atoms with Gasteiger partial charge in [-0.25, -0.2) is 4.98 Å². The number of fused-ring (bicyclic) bond motifs is 3. The number of hydrogen-bond donors (Lipinski definition) is 0. The summed E-state index contributed by atoms with van der Waals surface area (Å²) in [6, 6.07) is 42.3. The third-order valence-electron chi connectivity index (χ3n) is 6.22. The van der Waals surface area contributed by atoms with Crippen LogP contribution in [0, 0.1) is 0 Å². The van der Waals surface area contributed by atoms with E-state index in [0.717, 1.165) is 28.4 Å². The Bertz CT molecular complexity index is 1530. The van der Waals surface area contributed by atoms with Crippen molar-refractivity contribution in [2.45, 2.75) is 0 Å². The first kappa shape index (κ1) is 19.3. The van der Waals surface area contributed by atoms with Crippen LogP contribution in [0.15, 0.2) is 121 Å². The van der Waals surface area contributed by atoms with E-state index in [-0.39, 0.29) is 0 Å². The van der Waals surface area contributed by atoms with E-state index in [4.69, 9.17) is 4.98 Å². The average molecular weight is 426 g/mol. The first-order chi connectivity index (χ1) is 16.3. The highest BCUT2D eigenvalue weighted by Crippen LogP contribution is 2.35. The minimum absolute atomic E-state index is 0.901. The molecule has 0 aliphatic carbocycles. The quantitative estimate of drug-likeness (QED) is 0.290. The van der Waals surface area contributed by atoms with Gasteiger partial charge in [0.05, 0.1) is 11.0 Å². The van der Waals surface area contributed by atoms with Gasteiger partial charge in [-0.15, -0.1) is 0 Å². The summed E-state index contributed by atoms with van der Waals surface area (Å²) in [5.74, 6) is 1.81. The summed E-state index contributed by atoms with van der Waals surface area (Å²) >= 11 is 0. The standard InChI is InChI=1S/C30H23N3/c1-32(26-17-8-5-14-23(26)22-12-3-2-4-13-22)29-20-11-21-30(31-29)33-27-18-9-6-15-24(27)25-16-7-10-19-28(25)33/h2-21H,1H3. The number of para-hydroxylation sites is 3. The van der Waals surface area contributed by atoms with Gasteiger partial charge in [0.25, 0.3) is 0 Å². The van der Waals surface area contributed by atoms with E-state index >= 15 is 0 Å². The second kappa shape index (κ2) is 7.95. The van der Waals surface area contributed by atoms with Crippen LogP contribution < -0.4 is 4.90 Å². The normalized spacial score (nSPS) is 11.2. The Morgan fingerprint density at radius 1 is 0.576 bits per heavy atom. The van der Waals surface area contributed by atoms with Crippen molar-refractivity contribution in [3.8, 4) is 16.9 Å². The predicted octanol–water partition coefficient (Wildman–Crippen LogP) is 7.61. The summed E-state index contributed by atoms with van der Waals surface area (Å²) in [6.45, 7) is 0. The number of pyridine rings is 1. The van der Waals surface area contributed by atoms with Gasteiger partial charge in [-0.3, -0.25) is 4.57 Å². The van der Waals surface area contributed by atoms with E-state index in [1.165, 1.54) is 21.9 Å². The molecule has 0 fully saturated rings. The number of hydrogen-bond acceptors (Lipinski definition) is 2. The molecule has 6 aromatic rings. The zero-order chi connectivity index (χ0) is 22.2. The summed E-state index contributed by atoms with van der Waals surface area (Å²) in [5.41, 5.74) is 5.82. The molecule has 33 heavy (non-hydrogen) atoms. The maximum Gasteiger partial charge on any atom is 0.140 e. The molecule has 0 bridgehead atoms. The second-order valence-electron chi connectivity index (χ2n) is 8.17. The predicted molar refractivity (Wildman–Crippen MR) is 139 cm³/mol. The fourth-order valence-corrected chi connectivity index (χ4v) is 4.64. The summed E-state index contributed by atoms with van der Waals surface area (Å²) in [7, 11) is 2.08. The third-order valence-corrected chi connectivity index (χ3v) is 6.22. The van der Waals surface area contributed by atoms with Crippen LogP contribution in [0.3, 0.4) is 0 Å². The van der Waals surface area contributed by atoms with Crippen molar-refractivity contribution in [1.82, 2.24) is 9.55 Å². The molecule has 0 aliphatic rings. The van der Waals surface area contributed by atoms with Crippen LogP contribution >= 0.6 is 0 Å². The maximum atomic E-state index is 5.12. The molecule has 0 atom stereocenters. The number of aromatic nitrogens is 2. The molecule has 158 valence electrons. The van der Waals surface area contributed by atoms with Gasteiger partial charge in [-0.2, -0.15) is 0 Å². The molecular formula is C30H23N3. The Balaban J connectivity index is 1.50. The largest absolute Gasteiger partial charge is 0.329 e. The van der Waals surface area contributed by atoms with Gasteiger partial charge in [0.15, 0.2) is 0 Å². The summed E-state index contributed by atoms with van der Waals surface area (Å²) in [5, 5.41) is 2.48. The summed E-state index contributed by atoms with van der Waals surface area (Å²) < 4.78 is 2.26.